The third-order valence-corrected chi connectivity index (χ3v) is 10.9. The van der Waals surface area contributed by atoms with Gasteiger partial charge in [-0.1, -0.05) is 99.1 Å². The largest absolute Gasteiger partial charge is 0.455 e. The zero-order valence-electron chi connectivity index (χ0n) is 20.4. The fourth-order valence-corrected chi connectivity index (χ4v) is 10.5. The summed E-state index contributed by atoms with van der Waals surface area (Å²) >= 11 is 0. The number of ketones is 2. The molecule has 0 N–H and O–H groups in total. The van der Waals surface area contributed by atoms with Gasteiger partial charge in [0.15, 0.2) is 16.6 Å². The van der Waals surface area contributed by atoms with Crippen molar-refractivity contribution in [3.8, 4) is 0 Å². The highest BCUT2D eigenvalue weighted by Crippen LogP contribution is 2.17. The van der Waals surface area contributed by atoms with Gasteiger partial charge in [0.2, 0.25) is 0 Å². The molecular formula is C28H38O7Si2. The van der Waals surface area contributed by atoms with Crippen LogP contribution in [0.5, 0.6) is 0 Å². The highest BCUT2D eigenvalue weighted by atomic mass is 28.4. The number of carbonyl (C=O) groups is 4. The second kappa shape index (κ2) is 15.7. The Kier molecular flexibility index (Phi) is 14.2. The van der Waals surface area contributed by atoms with Crippen LogP contribution in [0.3, 0.4) is 0 Å². The van der Waals surface area contributed by atoms with Gasteiger partial charge in [-0.25, -0.2) is 9.59 Å². The van der Waals surface area contributed by atoms with Crippen LogP contribution in [0.1, 0.15) is 35.6 Å². The number of hydrogen-bond acceptors (Lipinski definition) is 7. The van der Waals surface area contributed by atoms with Crippen molar-refractivity contribution in [3.05, 3.63) is 95.3 Å². The molecule has 0 amide bonds. The Morgan fingerprint density at radius 1 is 0.622 bits per heavy atom. The maximum atomic E-state index is 12.0. The molecule has 0 unspecified atom stereocenters. The van der Waals surface area contributed by atoms with E-state index >= 15 is 0 Å². The van der Waals surface area contributed by atoms with Crippen molar-refractivity contribution >= 4 is 40.1 Å². The van der Waals surface area contributed by atoms with E-state index in [1.807, 2.05) is 37.6 Å². The van der Waals surface area contributed by atoms with E-state index in [0.717, 1.165) is 0 Å². The van der Waals surface area contributed by atoms with Crippen LogP contribution in [0.25, 0.3) is 0 Å². The molecular weight excluding hydrogens is 504 g/mol. The molecule has 200 valence electrons. The molecule has 0 aliphatic carbocycles. The molecule has 0 bridgehead atoms. The molecule has 0 spiro atoms. The number of Topliss-reactive ketones (excluding diaryl/α,β-unsaturated/α-hetero) is 2. The van der Waals surface area contributed by atoms with Crippen LogP contribution in [0.2, 0.25) is 26.2 Å². The molecule has 0 aliphatic heterocycles. The molecule has 0 heterocycles. The first kappa shape index (κ1) is 33.6. The molecule has 2 rings (SSSR count). The maximum Gasteiger partial charge on any atom is 0.379 e. The number of hydrogen-bond donors (Lipinski definition) is 0. The first-order valence-corrected chi connectivity index (χ1v) is 17.1. The zero-order chi connectivity index (χ0) is 25.9. The van der Waals surface area contributed by atoms with Gasteiger partial charge in [0.25, 0.3) is 11.6 Å². The number of carbonyl (C=O) groups excluding carboxylic acids is 4. The predicted octanol–water partition coefficient (Wildman–Crippen LogP) is 5.73. The van der Waals surface area contributed by atoms with E-state index in [1.54, 1.807) is 72.8 Å². The summed E-state index contributed by atoms with van der Waals surface area (Å²) < 4.78 is 16.5. The number of ether oxygens (including phenoxy) is 2. The summed E-state index contributed by atoms with van der Waals surface area (Å²) in [6.45, 7) is 7.95. The second-order valence-corrected chi connectivity index (χ2v) is 16.6. The lowest BCUT2D eigenvalue weighted by atomic mass is 10.1. The summed E-state index contributed by atoms with van der Waals surface area (Å²) in [5.74, 6) is -3.17. The summed E-state index contributed by atoms with van der Waals surface area (Å²) in [6.07, 6.45) is 3.38. The van der Waals surface area contributed by atoms with Gasteiger partial charge < -0.3 is 13.6 Å². The summed E-state index contributed by atoms with van der Waals surface area (Å²) in [4.78, 5) is 47.9. The minimum atomic E-state index is -2.25. The quantitative estimate of drug-likeness (QED) is 0.146. The van der Waals surface area contributed by atoms with E-state index < -0.39 is 40.1 Å². The van der Waals surface area contributed by atoms with Gasteiger partial charge in [0.1, 0.15) is 13.2 Å². The first-order valence-electron chi connectivity index (χ1n) is 11.1. The second-order valence-electron chi connectivity index (χ2n) is 8.70. The fourth-order valence-electron chi connectivity index (χ4n) is 3.20. The lowest BCUT2D eigenvalue weighted by Crippen LogP contribution is -2.42. The molecule has 37 heavy (non-hydrogen) atoms. The predicted molar refractivity (Wildman–Crippen MR) is 151 cm³/mol. The zero-order valence-corrected chi connectivity index (χ0v) is 22.4. The van der Waals surface area contributed by atoms with Crippen molar-refractivity contribution in [1.82, 2.24) is 0 Å². The fraction of sp³-hybridized carbons (Fsp3) is 0.286. The normalized spacial score (nSPS) is 11.4. The third kappa shape index (κ3) is 11.9. The number of rotatable bonds is 12. The van der Waals surface area contributed by atoms with Gasteiger partial charge in [0, 0.05) is 11.1 Å². The van der Waals surface area contributed by atoms with E-state index in [2.05, 4.69) is 0 Å². The number of esters is 2. The molecule has 2 aromatic carbocycles. The Balaban J connectivity index is 0.00000648. The molecule has 2 aromatic rings. The summed E-state index contributed by atoms with van der Waals surface area (Å²) in [5, 5.41) is 0. The lowest BCUT2D eigenvalue weighted by molar-refractivity contribution is -0.137. The molecule has 7 nitrogen and oxygen atoms in total. The van der Waals surface area contributed by atoms with Crippen LogP contribution in [0, 0.1) is 0 Å². The Hall–Kier alpha value is -3.41. The Morgan fingerprint density at radius 3 is 1.27 bits per heavy atom. The van der Waals surface area contributed by atoms with Gasteiger partial charge in [-0.05, 0) is 26.2 Å². The smallest absolute Gasteiger partial charge is 0.379 e. The van der Waals surface area contributed by atoms with Gasteiger partial charge in [-0.2, -0.15) is 0 Å². The van der Waals surface area contributed by atoms with Crippen molar-refractivity contribution in [2.75, 3.05) is 13.2 Å². The Morgan fingerprint density at radius 2 is 0.946 bits per heavy atom. The molecule has 0 aliphatic rings. The van der Waals surface area contributed by atoms with Gasteiger partial charge in [-0.15, -0.1) is 0 Å². The molecule has 0 saturated heterocycles. The highest BCUT2D eigenvalue weighted by molar-refractivity contribution is 6.89. The third-order valence-electron chi connectivity index (χ3n) is 4.63. The van der Waals surface area contributed by atoms with Crippen LogP contribution < -0.4 is 0 Å². The van der Waals surface area contributed by atoms with Crippen molar-refractivity contribution in [2.24, 2.45) is 0 Å². The lowest BCUT2D eigenvalue weighted by Gasteiger charge is -2.29. The van der Waals surface area contributed by atoms with E-state index in [1.165, 1.54) is 0 Å². The first-order chi connectivity index (χ1) is 16.5. The standard InChI is InChI=1S/C26H30O7Si2.2CH4/c1-34(2,19-11-17-31-25(29)23(27)21-13-7-5-8-14-21)33-35(3,4)20-12-18-32-26(30)24(28)22-15-9-6-10-16-22;;/h5-16,19-20H,17-18H2,1-4H3;2*1H4. The van der Waals surface area contributed by atoms with Gasteiger partial charge in [0.05, 0.1) is 0 Å². The molecule has 0 aromatic heterocycles. The topological polar surface area (TPSA) is 96.0 Å². The maximum absolute atomic E-state index is 12.0. The molecule has 0 atom stereocenters. The van der Waals surface area contributed by atoms with E-state index in [9.17, 15) is 19.2 Å². The van der Waals surface area contributed by atoms with Crippen molar-refractivity contribution < 1.29 is 32.8 Å². The summed E-state index contributed by atoms with van der Waals surface area (Å²) in [5.41, 5.74) is 4.37. The van der Waals surface area contributed by atoms with Crippen LogP contribution >= 0.6 is 0 Å². The van der Waals surface area contributed by atoms with Crippen LogP contribution in [-0.4, -0.2) is 53.4 Å². The van der Waals surface area contributed by atoms with Crippen LogP contribution in [-0.2, 0) is 23.2 Å². The average molecular weight is 543 g/mol. The average Bonchev–Trinajstić information content (AvgIpc) is 2.83. The SMILES string of the molecule is C.C.C[Si](C)(C=CCOC(=O)C(=O)c1ccccc1)O[Si](C)(C)C=CCOC(=O)C(=O)c1ccccc1. The van der Waals surface area contributed by atoms with Crippen molar-refractivity contribution in [1.29, 1.82) is 0 Å². The molecule has 0 saturated carbocycles. The summed E-state index contributed by atoms with van der Waals surface area (Å²) in [6, 6.07) is 16.5. The Bertz CT molecular complexity index is 1000. The van der Waals surface area contributed by atoms with Crippen LogP contribution in [0.4, 0.5) is 0 Å². The monoisotopic (exact) mass is 542 g/mol. The molecule has 0 radical (unpaired) electrons. The Labute approximate surface area is 222 Å². The highest BCUT2D eigenvalue weighted by Gasteiger charge is 2.29. The van der Waals surface area contributed by atoms with E-state index in [-0.39, 0.29) is 39.2 Å². The van der Waals surface area contributed by atoms with Gasteiger partial charge >= 0.3 is 11.9 Å². The minimum Gasteiger partial charge on any atom is -0.455 e. The minimum absolute atomic E-state index is 0. The van der Waals surface area contributed by atoms with Crippen molar-refractivity contribution in [2.45, 2.75) is 41.0 Å². The van der Waals surface area contributed by atoms with E-state index in [0.29, 0.717) is 0 Å². The van der Waals surface area contributed by atoms with Crippen LogP contribution in [0.15, 0.2) is 84.2 Å². The number of benzene rings is 2. The van der Waals surface area contributed by atoms with Gasteiger partial charge in [-0.3, -0.25) is 9.59 Å². The molecule has 0 fully saturated rings. The van der Waals surface area contributed by atoms with E-state index in [4.69, 9.17) is 13.6 Å². The summed E-state index contributed by atoms with van der Waals surface area (Å²) in [7, 11) is -4.51. The van der Waals surface area contributed by atoms with Crippen molar-refractivity contribution in [3.63, 3.8) is 0 Å². The molecule has 9 heteroatoms.